The second-order valence-corrected chi connectivity index (χ2v) is 1.45. The number of nitrogens with zero attached hydrogens (tertiary/aromatic N) is 1. The standard InChI is InChI=1S/C3H4N2S/c1-2-4-6-5-3-1/h1-4H. The van der Waals surface area contributed by atoms with Crippen LogP contribution in [0.4, 0.5) is 0 Å². The molecule has 6 heavy (non-hydrogen) atoms. The van der Waals surface area contributed by atoms with Crippen molar-refractivity contribution < 1.29 is 0 Å². The Morgan fingerprint density at radius 1 is 1.67 bits per heavy atom. The van der Waals surface area contributed by atoms with Crippen LogP contribution in [0.1, 0.15) is 0 Å². The SMILES string of the molecule is C1=CNSN=C1. The van der Waals surface area contributed by atoms with Crippen molar-refractivity contribution in [3.8, 4) is 0 Å². The Hall–Kier alpha value is -0.440. The Morgan fingerprint density at radius 2 is 2.67 bits per heavy atom. The van der Waals surface area contributed by atoms with Crippen LogP contribution in [-0.2, 0) is 0 Å². The van der Waals surface area contributed by atoms with E-state index >= 15 is 0 Å². The number of nitrogens with one attached hydrogen (secondary N) is 1. The molecule has 3 heteroatoms. The second-order valence-electron chi connectivity index (χ2n) is 0.823. The first-order valence-corrected chi connectivity index (χ1v) is 2.37. The summed E-state index contributed by atoms with van der Waals surface area (Å²) in [6, 6.07) is 0. The summed E-state index contributed by atoms with van der Waals surface area (Å²) in [6.07, 6.45) is 5.41. The van der Waals surface area contributed by atoms with E-state index < -0.39 is 0 Å². The average molecular weight is 100 g/mol. The molecule has 0 aromatic rings. The molecule has 0 bridgehead atoms. The van der Waals surface area contributed by atoms with E-state index in [0.717, 1.165) is 0 Å². The largest absolute Gasteiger partial charge is 0.317 e. The van der Waals surface area contributed by atoms with Crippen molar-refractivity contribution in [2.75, 3.05) is 0 Å². The second kappa shape index (κ2) is 1.87. The lowest BCUT2D eigenvalue weighted by molar-refractivity contribution is 1.41. The van der Waals surface area contributed by atoms with Crippen LogP contribution in [0.2, 0.25) is 0 Å². The third-order valence-corrected chi connectivity index (χ3v) is 0.885. The van der Waals surface area contributed by atoms with E-state index in [1.807, 2.05) is 12.3 Å². The van der Waals surface area contributed by atoms with Gasteiger partial charge in [-0.15, -0.1) is 0 Å². The summed E-state index contributed by atoms with van der Waals surface area (Å²) in [4.78, 5) is 0. The number of hydrogen-bond acceptors (Lipinski definition) is 3. The molecular formula is C3H4N2S. The van der Waals surface area contributed by atoms with E-state index in [9.17, 15) is 0 Å². The van der Waals surface area contributed by atoms with Crippen molar-refractivity contribution in [3.05, 3.63) is 12.3 Å². The van der Waals surface area contributed by atoms with Gasteiger partial charge in [-0.3, -0.25) is 0 Å². The van der Waals surface area contributed by atoms with E-state index in [-0.39, 0.29) is 0 Å². The highest BCUT2D eigenvalue weighted by molar-refractivity contribution is 7.96. The molecule has 2 nitrogen and oxygen atoms in total. The maximum absolute atomic E-state index is 3.77. The minimum absolute atomic E-state index is 1.33. The first-order chi connectivity index (χ1) is 3.00. The summed E-state index contributed by atoms with van der Waals surface area (Å²) < 4.78 is 6.59. The zero-order valence-corrected chi connectivity index (χ0v) is 3.90. The molecule has 1 aliphatic rings. The minimum atomic E-state index is 1.33. The molecule has 0 aromatic carbocycles. The first kappa shape index (κ1) is 3.74. The fourth-order valence-corrected chi connectivity index (χ4v) is 0.540. The lowest BCUT2D eigenvalue weighted by Gasteiger charge is -1.91. The highest BCUT2D eigenvalue weighted by atomic mass is 32.2. The summed E-state index contributed by atoms with van der Waals surface area (Å²) in [7, 11) is 0. The molecule has 0 aromatic heterocycles. The molecule has 0 fully saturated rings. The van der Waals surface area contributed by atoms with Crippen LogP contribution in [0.5, 0.6) is 0 Å². The zero-order valence-electron chi connectivity index (χ0n) is 3.09. The number of hydrogen-bond donors (Lipinski definition) is 1. The Bertz CT molecular complexity index is 74.8. The molecule has 1 heterocycles. The fraction of sp³-hybridized carbons (Fsp3) is 0. The number of allylic oxidation sites excluding steroid dienone is 1. The molecule has 0 radical (unpaired) electrons. The van der Waals surface area contributed by atoms with Gasteiger partial charge >= 0.3 is 0 Å². The summed E-state index contributed by atoms with van der Waals surface area (Å²) in [6.45, 7) is 0. The lowest BCUT2D eigenvalue weighted by atomic mass is 10.7. The Balaban J connectivity index is 2.46. The van der Waals surface area contributed by atoms with Crippen LogP contribution < -0.4 is 4.72 Å². The molecule has 1 aliphatic heterocycles. The highest BCUT2D eigenvalue weighted by Gasteiger charge is 1.75. The topological polar surface area (TPSA) is 24.4 Å². The zero-order chi connectivity index (χ0) is 4.24. The van der Waals surface area contributed by atoms with Crippen molar-refractivity contribution in [2.45, 2.75) is 0 Å². The van der Waals surface area contributed by atoms with E-state index in [1.54, 1.807) is 6.21 Å². The van der Waals surface area contributed by atoms with Gasteiger partial charge in [-0.2, -0.15) is 0 Å². The normalized spacial score (nSPS) is 17.3. The Kier molecular flexibility index (Phi) is 1.17. The molecule has 0 saturated carbocycles. The molecule has 0 atom stereocenters. The van der Waals surface area contributed by atoms with Crippen LogP contribution in [0, 0.1) is 0 Å². The summed E-state index contributed by atoms with van der Waals surface area (Å²) >= 11 is 1.33. The van der Waals surface area contributed by atoms with Gasteiger partial charge < -0.3 is 4.72 Å². The summed E-state index contributed by atoms with van der Waals surface area (Å²) in [5, 5.41) is 0. The van der Waals surface area contributed by atoms with Crippen molar-refractivity contribution in [1.82, 2.24) is 4.72 Å². The molecule has 1 rings (SSSR count). The Morgan fingerprint density at radius 3 is 2.83 bits per heavy atom. The van der Waals surface area contributed by atoms with Crippen LogP contribution in [0.3, 0.4) is 0 Å². The highest BCUT2D eigenvalue weighted by Crippen LogP contribution is 1.95. The third-order valence-electron chi connectivity index (χ3n) is 0.417. The monoisotopic (exact) mass is 100 g/mol. The van der Waals surface area contributed by atoms with Gasteiger partial charge in [0.05, 0.1) is 12.1 Å². The molecule has 0 spiro atoms. The third kappa shape index (κ3) is 0.755. The van der Waals surface area contributed by atoms with Crippen molar-refractivity contribution in [1.29, 1.82) is 0 Å². The van der Waals surface area contributed by atoms with Crippen LogP contribution in [-0.4, -0.2) is 6.21 Å². The molecular weight excluding hydrogens is 96.1 g/mol. The van der Waals surface area contributed by atoms with Gasteiger partial charge in [0.15, 0.2) is 0 Å². The van der Waals surface area contributed by atoms with Gasteiger partial charge in [0.2, 0.25) is 0 Å². The lowest BCUT2D eigenvalue weighted by Crippen LogP contribution is -1.90. The van der Waals surface area contributed by atoms with E-state index in [4.69, 9.17) is 0 Å². The van der Waals surface area contributed by atoms with Gasteiger partial charge in [-0.05, 0) is 6.08 Å². The number of rotatable bonds is 0. The molecule has 1 N–H and O–H groups in total. The van der Waals surface area contributed by atoms with Crippen LogP contribution in [0.15, 0.2) is 16.7 Å². The molecule has 0 amide bonds. The smallest absolute Gasteiger partial charge is 0.0895 e. The van der Waals surface area contributed by atoms with E-state index in [2.05, 4.69) is 9.12 Å². The van der Waals surface area contributed by atoms with Crippen molar-refractivity contribution >= 4 is 18.3 Å². The molecule has 0 saturated heterocycles. The van der Waals surface area contributed by atoms with E-state index in [0.29, 0.717) is 0 Å². The van der Waals surface area contributed by atoms with Crippen molar-refractivity contribution in [3.63, 3.8) is 0 Å². The molecule has 0 aliphatic carbocycles. The molecule has 0 unspecified atom stereocenters. The van der Waals surface area contributed by atoms with Crippen LogP contribution in [0.25, 0.3) is 0 Å². The predicted molar refractivity (Wildman–Crippen MR) is 28.4 cm³/mol. The fourth-order valence-electron chi connectivity index (χ4n) is 0.209. The quantitative estimate of drug-likeness (QED) is 0.454. The van der Waals surface area contributed by atoms with E-state index in [1.165, 1.54) is 12.1 Å². The minimum Gasteiger partial charge on any atom is -0.317 e. The average Bonchev–Trinajstić information content (AvgIpc) is 1.72. The summed E-state index contributed by atoms with van der Waals surface area (Å²) in [5.74, 6) is 0. The predicted octanol–water partition coefficient (Wildman–Crippen LogP) is 0.737. The van der Waals surface area contributed by atoms with Gasteiger partial charge in [0, 0.05) is 12.4 Å². The van der Waals surface area contributed by atoms with Crippen LogP contribution >= 0.6 is 12.1 Å². The van der Waals surface area contributed by atoms with Gasteiger partial charge in [-0.1, -0.05) is 0 Å². The first-order valence-electron chi connectivity index (χ1n) is 1.60. The van der Waals surface area contributed by atoms with Gasteiger partial charge in [0.25, 0.3) is 0 Å². The maximum Gasteiger partial charge on any atom is 0.0895 e. The van der Waals surface area contributed by atoms with Gasteiger partial charge in [0.1, 0.15) is 0 Å². The van der Waals surface area contributed by atoms with Crippen molar-refractivity contribution in [2.24, 2.45) is 4.40 Å². The summed E-state index contributed by atoms with van der Waals surface area (Å²) in [5.41, 5.74) is 0. The van der Waals surface area contributed by atoms with Gasteiger partial charge in [-0.25, -0.2) is 4.40 Å². The Labute approximate surface area is 40.6 Å². The molecule has 32 valence electrons. The maximum atomic E-state index is 3.77.